The molecule has 0 saturated carbocycles. The molecule has 0 fully saturated rings. The second-order valence-corrected chi connectivity index (χ2v) is 12.1. The zero-order valence-electron chi connectivity index (χ0n) is 22.6. The van der Waals surface area contributed by atoms with Crippen LogP contribution in [0.2, 0.25) is 5.02 Å². The maximum Gasteiger partial charge on any atom is 0.337 e. The Morgan fingerprint density at radius 1 is 0.732 bits per heavy atom. The number of carbonyl (C=O) groups excluding carboxylic acids is 3. The second-order valence-electron chi connectivity index (χ2n) is 9.33. The number of oxime groups is 1. The largest absolute Gasteiger partial charge is 0.337 e. The van der Waals surface area contributed by atoms with E-state index in [9.17, 15) is 14.4 Å². The SMILES string of the molecule is CC(C)C(=O)ON=C(CCSc1ccc(Cl)cc1)C(=O)c1ccc(Sc2ccc(C(=O)c3ccccc3)cc2)cc1. The molecule has 0 aromatic heterocycles. The first-order chi connectivity index (χ1) is 19.8. The van der Waals surface area contributed by atoms with Gasteiger partial charge in [0.2, 0.25) is 5.78 Å². The Kier molecular flexibility index (Phi) is 11.0. The highest BCUT2D eigenvalue weighted by atomic mass is 35.5. The van der Waals surface area contributed by atoms with Crippen molar-refractivity contribution in [2.75, 3.05) is 5.75 Å². The molecule has 5 nitrogen and oxygen atoms in total. The van der Waals surface area contributed by atoms with Crippen LogP contribution in [0, 0.1) is 5.92 Å². The van der Waals surface area contributed by atoms with E-state index in [-0.39, 0.29) is 23.2 Å². The van der Waals surface area contributed by atoms with Crippen molar-refractivity contribution < 1.29 is 19.2 Å². The maximum absolute atomic E-state index is 13.3. The van der Waals surface area contributed by atoms with Crippen LogP contribution in [-0.2, 0) is 9.63 Å². The summed E-state index contributed by atoms with van der Waals surface area (Å²) in [5, 5.41) is 4.61. The molecule has 0 amide bonds. The van der Waals surface area contributed by atoms with E-state index in [0.29, 0.717) is 33.9 Å². The molecule has 0 aliphatic carbocycles. The van der Waals surface area contributed by atoms with Crippen LogP contribution in [-0.4, -0.2) is 29.0 Å². The Labute approximate surface area is 253 Å². The molecule has 0 radical (unpaired) electrons. The van der Waals surface area contributed by atoms with Crippen LogP contribution in [0.4, 0.5) is 0 Å². The smallest absolute Gasteiger partial charge is 0.318 e. The summed E-state index contributed by atoms with van der Waals surface area (Å²) in [4.78, 5) is 46.0. The minimum atomic E-state index is -0.496. The van der Waals surface area contributed by atoms with E-state index in [2.05, 4.69) is 5.16 Å². The molecule has 0 spiro atoms. The lowest BCUT2D eigenvalue weighted by Crippen LogP contribution is -2.18. The molecular formula is C33H28ClNO4S2. The van der Waals surface area contributed by atoms with Crippen molar-refractivity contribution in [3.05, 3.63) is 125 Å². The molecule has 0 atom stereocenters. The minimum absolute atomic E-state index is 0.0203. The number of halogens is 1. The molecule has 0 heterocycles. The van der Waals surface area contributed by atoms with Gasteiger partial charge < -0.3 is 4.84 Å². The third kappa shape index (κ3) is 8.92. The first-order valence-corrected chi connectivity index (χ1v) is 15.2. The molecular weight excluding hydrogens is 574 g/mol. The monoisotopic (exact) mass is 601 g/mol. The van der Waals surface area contributed by atoms with Gasteiger partial charge in [-0.3, -0.25) is 9.59 Å². The van der Waals surface area contributed by atoms with Crippen molar-refractivity contribution in [3.8, 4) is 0 Å². The summed E-state index contributed by atoms with van der Waals surface area (Å²) in [6, 6.07) is 31.3. The average molecular weight is 602 g/mol. The lowest BCUT2D eigenvalue weighted by Gasteiger charge is -2.08. The Balaban J connectivity index is 1.41. The number of nitrogens with zero attached hydrogens (tertiary/aromatic N) is 1. The zero-order chi connectivity index (χ0) is 29.2. The van der Waals surface area contributed by atoms with Gasteiger partial charge in [-0.25, -0.2) is 4.79 Å². The van der Waals surface area contributed by atoms with Gasteiger partial charge >= 0.3 is 5.97 Å². The number of carbonyl (C=O) groups is 3. The number of Topliss-reactive ketones (excluding diaryl/α,β-unsaturated/α-hetero) is 1. The van der Waals surface area contributed by atoms with Crippen molar-refractivity contribution in [3.63, 3.8) is 0 Å². The number of hydrogen-bond donors (Lipinski definition) is 0. The molecule has 208 valence electrons. The summed E-state index contributed by atoms with van der Waals surface area (Å²) in [5.41, 5.74) is 1.91. The van der Waals surface area contributed by atoms with E-state index in [0.717, 1.165) is 14.7 Å². The first kappa shape index (κ1) is 30.3. The Bertz CT molecular complexity index is 1520. The molecule has 0 N–H and O–H groups in total. The number of thioether (sulfide) groups is 1. The highest BCUT2D eigenvalue weighted by Crippen LogP contribution is 2.29. The Hall–Kier alpha value is -3.65. The van der Waals surface area contributed by atoms with Crippen LogP contribution in [0.3, 0.4) is 0 Å². The van der Waals surface area contributed by atoms with Gasteiger partial charge in [0.25, 0.3) is 0 Å². The van der Waals surface area contributed by atoms with Gasteiger partial charge in [0, 0.05) is 48.6 Å². The number of rotatable bonds is 12. The number of ketones is 2. The normalized spacial score (nSPS) is 11.4. The van der Waals surface area contributed by atoms with E-state index in [4.69, 9.17) is 16.4 Å². The van der Waals surface area contributed by atoms with E-state index in [1.807, 2.05) is 78.9 Å². The van der Waals surface area contributed by atoms with Gasteiger partial charge in [0.05, 0.1) is 5.92 Å². The molecule has 4 aromatic carbocycles. The van der Waals surface area contributed by atoms with Crippen molar-refractivity contribution >= 4 is 58.4 Å². The van der Waals surface area contributed by atoms with Gasteiger partial charge in [-0.15, -0.1) is 11.8 Å². The maximum atomic E-state index is 13.3. The van der Waals surface area contributed by atoms with Crippen molar-refractivity contribution in [1.82, 2.24) is 0 Å². The molecule has 41 heavy (non-hydrogen) atoms. The van der Waals surface area contributed by atoms with E-state index < -0.39 is 5.97 Å². The average Bonchev–Trinajstić information content (AvgIpc) is 3.00. The van der Waals surface area contributed by atoms with E-state index in [1.54, 1.807) is 49.9 Å². The van der Waals surface area contributed by atoms with Crippen LogP contribution >= 0.6 is 35.1 Å². The predicted octanol–water partition coefficient (Wildman–Crippen LogP) is 8.64. The summed E-state index contributed by atoms with van der Waals surface area (Å²) in [6.07, 6.45) is 0.321. The third-order valence-electron chi connectivity index (χ3n) is 5.91. The van der Waals surface area contributed by atoms with Gasteiger partial charge in [0.15, 0.2) is 5.78 Å². The fourth-order valence-corrected chi connectivity index (χ4v) is 5.41. The molecule has 0 bridgehead atoms. The summed E-state index contributed by atoms with van der Waals surface area (Å²) in [6.45, 7) is 3.42. The summed E-state index contributed by atoms with van der Waals surface area (Å²) in [5.74, 6) is -0.599. The first-order valence-electron chi connectivity index (χ1n) is 13.0. The predicted molar refractivity (Wildman–Crippen MR) is 166 cm³/mol. The fourth-order valence-electron chi connectivity index (χ4n) is 3.61. The number of hydrogen-bond acceptors (Lipinski definition) is 7. The summed E-state index contributed by atoms with van der Waals surface area (Å²) in [7, 11) is 0. The van der Waals surface area contributed by atoms with Crippen molar-refractivity contribution in [2.24, 2.45) is 11.1 Å². The molecule has 0 aliphatic rings. The highest BCUT2D eigenvalue weighted by Gasteiger charge is 2.18. The van der Waals surface area contributed by atoms with Crippen LogP contribution in [0.5, 0.6) is 0 Å². The molecule has 0 unspecified atom stereocenters. The molecule has 0 aliphatic heterocycles. The van der Waals surface area contributed by atoms with Crippen LogP contribution in [0.25, 0.3) is 0 Å². The van der Waals surface area contributed by atoms with Crippen molar-refractivity contribution in [1.29, 1.82) is 0 Å². The Morgan fingerprint density at radius 2 is 1.27 bits per heavy atom. The molecule has 8 heteroatoms. The second kappa shape index (κ2) is 14.8. The van der Waals surface area contributed by atoms with Gasteiger partial charge in [-0.1, -0.05) is 72.7 Å². The van der Waals surface area contributed by atoms with Gasteiger partial charge in [-0.05, 0) is 72.8 Å². The topological polar surface area (TPSA) is 72.8 Å². The summed E-state index contributed by atoms with van der Waals surface area (Å²) >= 11 is 9.05. The third-order valence-corrected chi connectivity index (χ3v) is 8.19. The van der Waals surface area contributed by atoms with Crippen molar-refractivity contribution in [2.45, 2.75) is 35.0 Å². The lowest BCUT2D eigenvalue weighted by molar-refractivity contribution is -0.147. The van der Waals surface area contributed by atoms with E-state index >= 15 is 0 Å². The van der Waals surface area contributed by atoms with Gasteiger partial charge in [-0.2, -0.15) is 0 Å². The molecule has 4 aromatic rings. The van der Waals surface area contributed by atoms with Crippen LogP contribution in [0.15, 0.2) is 123 Å². The lowest BCUT2D eigenvalue weighted by atomic mass is 10.0. The highest BCUT2D eigenvalue weighted by molar-refractivity contribution is 7.99. The molecule has 4 rings (SSSR count). The van der Waals surface area contributed by atoms with Gasteiger partial charge in [0.1, 0.15) is 5.71 Å². The fraction of sp³-hybridized carbons (Fsp3) is 0.152. The zero-order valence-corrected chi connectivity index (χ0v) is 25.0. The molecule has 0 saturated heterocycles. The summed E-state index contributed by atoms with van der Waals surface area (Å²) < 4.78 is 0. The van der Waals surface area contributed by atoms with Crippen LogP contribution in [0.1, 0.15) is 46.5 Å². The van der Waals surface area contributed by atoms with Crippen LogP contribution < -0.4 is 0 Å². The minimum Gasteiger partial charge on any atom is -0.318 e. The Morgan fingerprint density at radius 3 is 1.85 bits per heavy atom. The quantitative estimate of drug-likeness (QED) is 0.0532. The standard InChI is InChI=1S/C33H28ClNO4S2/c1-22(2)33(38)39-35-30(20-21-40-27-18-12-26(34)13-19-27)32(37)25-10-16-29(17-11-25)41-28-14-8-24(9-15-28)31(36)23-6-4-3-5-7-23/h3-19,22H,20-21H2,1-2H3. The number of benzene rings is 4. The van der Waals surface area contributed by atoms with E-state index in [1.165, 1.54) is 11.8 Å².